The second-order valence-corrected chi connectivity index (χ2v) is 3.83. The molecule has 4 nitrogen and oxygen atoms in total. The van der Waals surface area contributed by atoms with Crippen molar-refractivity contribution in [1.82, 2.24) is 0 Å². The number of hydrogen-bond acceptors (Lipinski definition) is 3. The maximum Gasteiger partial charge on any atom is 0.397 e. The maximum absolute atomic E-state index is 12.9. The Balaban J connectivity index is 3.25. The molecule has 1 aromatic carbocycles. The molecular weight excluding hydrogens is 275 g/mol. The lowest BCUT2D eigenvalue weighted by molar-refractivity contribution is 0.245. The molecule has 0 bridgehead atoms. The van der Waals surface area contributed by atoms with Crippen molar-refractivity contribution in [3.05, 3.63) is 34.6 Å². The summed E-state index contributed by atoms with van der Waals surface area (Å²) in [6.07, 6.45) is 0. The molecule has 1 aromatic rings. The van der Waals surface area contributed by atoms with E-state index in [1.807, 2.05) is 0 Å². The van der Waals surface area contributed by atoms with Crippen molar-refractivity contribution in [1.29, 1.82) is 0 Å². The fourth-order valence-electron chi connectivity index (χ4n) is 0.910. The molecule has 0 aliphatic rings. The van der Waals surface area contributed by atoms with Gasteiger partial charge in [0.25, 0.3) is 0 Å². The van der Waals surface area contributed by atoms with Gasteiger partial charge >= 0.3 is 10.4 Å². The highest BCUT2D eigenvalue weighted by atomic mass is 32.3. The minimum Gasteiger partial charge on any atom is -0.264 e. The molecule has 0 unspecified atom stereocenters. The summed E-state index contributed by atoms with van der Waals surface area (Å²) >= 11 is 0. The lowest BCUT2D eigenvalue weighted by atomic mass is 10.2. The molecule has 0 amide bonds. The van der Waals surface area contributed by atoms with E-state index in [0.29, 0.717) is 0 Å². The van der Waals surface area contributed by atoms with E-state index < -0.39 is 51.7 Å². The lowest BCUT2D eigenvalue weighted by Crippen LogP contribution is -2.11. The molecule has 1 N–H and O–H groups in total. The summed E-state index contributed by atoms with van der Waals surface area (Å²) < 4.78 is 95.3. The van der Waals surface area contributed by atoms with E-state index in [-0.39, 0.29) is 0 Å². The highest BCUT2D eigenvalue weighted by Gasteiger charge is 2.26. The van der Waals surface area contributed by atoms with Crippen LogP contribution in [-0.4, -0.2) is 13.0 Å². The predicted octanol–water partition coefficient (Wildman–Crippen LogP) is 1.70. The van der Waals surface area contributed by atoms with Crippen molar-refractivity contribution in [2.45, 2.75) is 6.61 Å². The first-order valence-corrected chi connectivity index (χ1v) is 5.13. The topological polar surface area (TPSA) is 63.6 Å². The van der Waals surface area contributed by atoms with Crippen LogP contribution >= 0.6 is 0 Å². The van der Waals surface area contributed by atoms with Crippen molar-refractivity contribution in [2.75, 3.05) is 0 Å². The van der Waals surface area contributed by atoms with Crippen LogP contribution in [-0.2, 0) is 21.2 Å². The Morgan fingerprint density at radius 1 is 0.882 bits per heavy atom. The van der Waals surface area contributed by atoms with Gasteiger partial charge in [-0.1, -0.05) is 0 Å². The Morgan fingerprint density at radius 2 is 1.24 bits per heavy atom. The fourth-order valence-corrected chi connectivity index (χ4v) is 1.18. The van der Waals surface area contributed by atoms with Gasteiger partial charge < -0.3 is 0 Å². The second-order valence-electron chi connectivity index (χ2n) is 2.74. The van der Waals surface area contributed by atoms with Gasteiger partial charge in [0.05, 0.1) is 12.2 Å². The van der Waals surface area contributed by atoms with Crippen LogP contribution in [0.1, 0.15) is 5.56 Å². The van der Waals surface area contributed by atoms with E-state index in [0.717, 1.165) is 0 Å². The summed E-state index contributed by atoms with van der Waals surface area (Å²) in [5.74, 6) is -11.3. The highest BCUT2D eigenvalue weighted by Crippen LogP contribution is 2.23. The predicted molar refractivity (Wildman–Crippen MR) is 42.6 cm³/mol. The zero-order valence-corrected chi connectivity index (χ0v) is 8.49. The molecule has 17 heavy (non-hydrogen) atoms. The third-order valence-corrected chi connectivity index (χ3v) is 2.07. The van der Waals surface area contributed by atoms with E-state index in [2.05, 4.69) is 4.18 Å². The molecule has 0 aliphatic carbocycles. The van der Waals surface area contributed by atoms with Crippen LogP contribution in [0.2, 0.25) is 0 Å². The molecule has 0 fully saturated rings. The molecule has 96 valence electrons. The van der Waals surface area contributed by atoms with Crippen LogP contribution in [0.3, 0.4) is 0 Å². The first kappa shape index (κ1) is 13.8. The summed E-state index contributed by atoms with van der Waals surface area (Å²) in [7, 11) is -5.06. The van der Waals surface area contributed by atoms with Gasteiger partial charge in [-0.15, -0.1) is 0 Å². The Labute approximate surface area is 91.6 Å². The van der Waals surface area contributed by atoms with Crippen molar-refractivity contribution in [3.63, 3.8) is 0 Å². The van der Waals surface area contributed by atoms with Crippen molar-refractivity contribution in [3.8, 4) is 0 Å². The van der Waals surface area contributed by atoms with Crippen LogP contribution in [0.4, 0.5) is 22.0 Å². The highest BCUT2D eigenvalue weighted by molar-refractivity contribution is 7.80. The number of rotatable bonds is 3. The Hall–Kier alpha value is -1.26. The molecular formula is C7H3F5O4S. The van der Waals surface area contributed by atoms with Crippen LogP contribution < -0.4 is 0 Å². The van der Waals surface area contributed by atoms with Crippen LogP contribution in [0.25, 0.3) is 0 Å². The zero-order chi connectivity index (χ0) is 13.4. The Morgan fingerprint density at radius 3 is 1.59 bits per heavy atom. The number of halogens is 5. The zero-order valence-electron chi connectivity index (χ0n) is 7.68. The number of benzene rings is 1. The standard InChI is InChI=1S/C7H3F5O4S/c8-3-2(1-16-17(13,14)15)4(9)6(11)7(12)5(3)10/h1H2,(H,13,14,15). The monoisotopic (exact) mass is 278 g/mol. The summed E-state index contributed by atoms with van der Waals surface area (Å²) in [5.41, 5.74) is -1.50. The summed E-state index contributed by atoms with van der Waals surface area (Å²) in [6, 6.07) is 0. The van der Waals surface area contributed by atoms with Crippen molar-refractivity contribution in [2.24, 2.45) is 0 Å². The third-order valence-electron chi connectivity index (χ3n) is 1.65. The summed E-state index contributed by atoms with van der Waals surface area (Å²) in [6.45, 7) is -1.52. The minimum absolute atomic E-state index is 1.50. The molecule has 0 radical (unpaired) electrons. The molecule has 0 atom stereocenters. The molecule has 0 saturated carbocycles. The second kappa shape index (κ2) is 4.55. The lowest BCUT2D eigenvalue weighted by Gasteiger charge is -2.07. The minimum atomic E-state index is -5.06. The first-order chi connectivity index (χ1) is 7.65. The van der Waals surface area contributed by atoms with Crippen LogP contribution in [0.5, 0.6) is 0 Å². The number of hydrogen-bond donors (Lipinski definition) is 1. The summed E-state index contributed by atoms with van der Waals surface area (Å²) in [4.78, 5) is 0. The molecule has 10 heteroatoms. The fraction of sp³-hybridized carbons (Fsp3) is 0.143. The average molecular weight is 278 g/mol. The maximum atomic E-state index is 12.9. The molecule has 0 aliphatic heterocycles. The Kier molecular flexibility index (Phi) is 3.69. The van der Waals surface area contributed by atoms with Gasteiger partial charge in [0.2, 0.25) is 5.82 Å². The van der Waals surface area contributed by atoms with Crippen LogP contribution in [0.15, 0.2) is 0 Å². The average Bonchev–Trinajstić information content (AvgIpc) is 2.22. The van der Waals surface area contributed by atoms with Gasteiger partial charge in [-0.25, -0.2) is 26.1 Å². The smallest absolute Gasteiger partial charge is 0.264 e. The van der Waals surface area contributed by atoms with Gasteiger partial charge in [0.1, 0.15) is 0 Å². The quantitative estimate of drug-likeness (QED) is 0.395. The van der Waals surface area contributed by atoms with Gasteiger partial charge in [-0.3, -0.25) is 4.55 Å². The van der Waals surface area contributed by atoms with Gasteiger partial charge in [0.15, 0.2) is 23.3 Å². The molecule has 0 spiro atoms. The van der Waals surface area contributed by atoms with Gasteiger partial charge in [-0.05, 0) is 0 Å². The normalized spacial score (nSPS) is 11.9. The van der Waals surface area contributed by atoms with E-state index >= 15 is 0 Å². The van der Waals surface area contributed by atoms with E-state index in [4.69, 9.17) is 4.55 Å². The Bertz CT molecular complexity index is 527. The largest absolute Gasteiger partial charge is 0.397 e. The van der Waals surface area contributed by atoms with E-state index in [1.54, 1.807) is 0 Å². The van der Waals surface area contributed by atoms with Gasteiger partial charge in [0, 0.05) is 0 Å². The van der Waals surface area contributed by atoms with Crippen molar-refractivity contribution >= 4 is 10.4 Å². The molecule has 0 aromatic heterocycles. The summed E-state index contributed by atoms with van der Waals surface area (Å²) in [5, 5.41) is 0. The van der Waals surface area contributed by atoms with E-state index in [1.165, 1.54) is 0 Å². The first-order valence-electron chi connectivity index (χ1n) is 3.77. The van der Waals surface area contributed by atoms with Crippen LogP contribution in [0, 0.1) is 29.1 Å². The molecule has 0 saturated heterocycles. The third kappa shape index (κ3) is 2.90. The van der Waals surface area contributed by atoms with E-state index in [9.17, 15) is 30.4 Å². The molecule has 1 rings (SSSR count). The van der Waals surface area contributed by atoms with Gasteiger partial charge in [-0.2, -0.15) is 8.42 Å². The van der Waals surface area contributed by atoms with Crippen molar-refractivity contribution < 1.29 is 39.1 Å². The molecule has 0 heterocycles. The SMILES string of the molecule is O=S(=O)(O)OCc1c(F)c(F)c(F)c(F)c1F.